The number of benzene rings is 3. The summed E-state index contributed by atoms with van der Waals surface area (Å²) in [6.45, 7) is 0.171. The quantitative estimate of drug-likeness (QED) is 0.267. The second kappa shape index (κ2) is 9.97. The molecule has 8 nitrogen and oxygen atoms in total. The summed E-state index contributed by atoms with van der Waals surface area (Å²) in [5.41, 5.74) is 9.24. The molecule has 6 N–H and O–H groups in total. The predicted molar refractivity (Wildman–Crippen MR) is 127 cm³/mol. The molecular weight excluding hydrogens is 437 g/mol. The second-order valence-corrected chi connectivity index (χ2v) is 7.63. The van der Waals surface area contributed by atoms with Gasteiger partial charge in [0.05, 0.1) is 12.6 Å². The van der Waals surface area contributed by atoms with Gasteiger partial charge >= 0.3 is 5.97 Å². The lowest BCUT2D eigenvalue weighted by Crippen LogP contribution is -2.15. The molecule has 4 rings (SSSR count). The molecule has 34 heavy (non-hydrogen) atoms. The van der Waals surface area contributed by atoms with Gasteiger partial charge in [-0.1, -0.05) is 18.2 Å². The Morgan fingerprint density at radius 3 is 2.56 bits per heavy atom. The van der Waals surface area contributed by atoms with Gasteiger partial charge in [0.15, 0.2) is 0 Å². The van der Waals surface area contributed by atoms with Gasteiger partial charge in [0.25, 0.3) is 5.91 Å². The first kappa shape index (κ1) is 22.7. The molecular formula is C25H22FN5O3. The number of amides is 1. The van der Waals surface area contributed by atoms with Crippen molar-refractivity contribution in [1.82, 2.24) is 10.2 Å². The Kier molecular flexibility index (Phi) is 6.65. The molecule has 0 saturated carbocycles. The van der Waals surface area contributed by atoms with E-state index in [1.807, 2.05) is 0 Å². The van der Waals surface area contributed by atoms with Crippen LogP contribution in [-0.2, 0) is 17.8 Å². The average molecular weight is 459 g/mol. The molecule has 0 aliphatic heterocycles. The number of aromatic amines is 1. The molecule has 1 amide bonds. The van der Waals surface area contributed by atoms with Gasteiger partial charge < -0.3 is 21.5 Å². The van der Waals surface area contributed by atoms with Crippen LogP contribution in [0.3, 0.4) is 0 Å². The number of nitrogens with two attached hydrogens (primary N) is 1. The maximum absolute atomic E-state index is 14.2. The zero-order chi connectivity index (χ0) is 24.1. The van der Waals surface area contributed by atoms with Crippen LogP contribution < -0.4 is 16.4 Å². The summed E-state index contributed by atoms with van der Waals surface area (Å²) in [6.07, 6.45) is 1.35. The summed E-state index contributed by atoms with van der Waals surface area (Å²) >= 11 is 0. The molecule has 0 fully saturated rings. The largest absolute Gasteiger partial charge is 0.481 e. The minimum absolute atomic E-state index is 0.171. The monoisotopic (exact) mass is 459 g/mol. The summed E-state index contributed by atoms with van der Waals surface area (Å²) < 4.78 is 14.2. The van der Waals surface area contributed by atoms with Crippen LogP contribution in [0, 0.1) is 5.82 Å². The van der Waals surface area contributed by atoms with Crippen LogP contribution in [0.15, 0.2) is 72.9 Å². The lowest BCUT2D eigenvalue weighted by atomic mass is 9.99. The number of nitrogens with one attached hydrogen (secondary N) is 3. The van der Waals surface area contributed by atoms with Crippen LogP contribution in [0.2, 0.25) is 0 Å². The van der Waals surface area contributed by atoms with E-state index in [0.717, 1.165) is 0 Å². The fourth-order valence-electron chi connectivity index (χ4n) is 3.57. The van der Waals surface area contributed by atoms with E-state index in [2.05, 4.69) is 20.8 Å². The zero-order valence-corrected chi connectivity index (χ0v) is 18.0. The highest BCUT2D eigenvalue weighted by molar-refractivity contribution is 6.06. The molecule has 1 heterocycles. The van der Waals surface area contributed by atoms with Gasteiger partial charge in [0.1, 0.15) is 11.6 Å². The summed E-state index contributed by atoms with van der Waals surface area (Å²) in [6, 6.07) is 18.0. The highest BCUT2D eigenvalue weighted by atomic mass is 19.1. The van der Waals surface area contributed by atoms with Crippen molar-refractivity contribution in [3.8, 4) is 11.1 Å². The van der Waals surface area contributed by atoms with E-state index >= 15 is 0 Å². The Hall–Kier alpha value is -4.50. The van der Waals surface area contributed by atoms with Crippen LogP contribution in [0.1, 0.15) is 21.5 Å². The molecule has 0 spiro atoms. The van der Waals surface area contributed by atoms with Crippen LogP contribution >= 0.6 is 0 Å². The third kappa shape index (κ3) is 5.45. The SMILES string of the molecule is NCc1cc(F)cc(-c2cc(Nc3ccn[nH]3)cc(C(=O)Nc3ccccc3CC(=O)O)c2)c1. The molecule has 0 aliphatic rings. The number of carboxylic acid groups (broad SMARTS) is 1. The van der Waals surface area contributed by atoms with E-state index in [1.54, 1.807) is 60.8 Å². The molecule has 0 atom stereocenters. The van der Waals surface area contributed by atoms with Crippen LogP contribution in [0.5, 0.6) is 0 Å². The Balaban J connectivity index is 1.73. The van der Waals surface area contributed by atoms with Crippen molar-refractivity contribution in [1.29, 1.82) is 0 Å². The van der Waals surface area contributed by atoms with Gasteiger partial charge in [-0.15, -0.1) is 0 Å². The number of aliphatic carboxylic acids is 1. The van der Waals surface area contributed by atoms with E-state index < -0.39 is 17.7 Å². The summed E-state index contributed by atoms with van der Waals surface area (Å²) in [5, 5.41) is 21.8. The number of anilines is 3. The summed E-state index contributed by atoms with van der Waals surface area (Å²) in [5.74, 6) is -1.27. The fourth-order valence-corrected chi connectivity index (χ4v) is 3.57. The number of nitrogens with zero attached hydrogens (tertiary/aromatic N) is 1. The maximum Gasteiger partial charge on any atom is 0.307 e. The minimum Gasteiger partial charge on any atom is -0.481 e. The van der Waals surface area contributed by atoms with Crippen LogP contribution in [0.4, 0.5) is 21.6 Å². The van der Waals surface area contributed by atoms with E-state index in [9.17, 15) is 14.0 Å². The molecule has 0 saturated heterocycles. The molecule has 1 aromatic heterocycles. The maximum atomic E-state index is 14.2. The highest BCUT2D eigenvalue weighted by Crippen LogP contribution is 2.29. The first-order valence-electron chi connectivity index (χ1n) is 10.4. The lowest BCUT2D eigenvalue weighted by molar-refractivity contribution is -0.136. The van der Waals surface area contributed by atoms with E-state index in [1.165, 1.54) is 12.1 Å². The molecule has 9 heteroatoms. The number of carboxylic acids is 1. The topological polar surface area (TPSA) is 133 Å². The van der Waals surface area contributed by atoms with Crippen molar-refractivity contribution < 1.29 is 19.1 Å². The third-order valence-corrected chi connectivity index (χ3v) is 5.11. The molecule has 0 radical (unpaired) electrons. The van der Waals surface area contributed by atoms with Crippen molar-refractivity contribution >= 4 is 29.1 Å². The fraction of sp³-hybridized carbons (Fsp3) is 0.0800. The summed E-state index contributed by atoms with van der Waals surface area (Å²) in [4.78, 5) is 24.4. The standard InChI is InChI=1S/C25H22FN5O3/c26-20-8-15(14-27)7-17(10-20)18-9-19(12-21(11-18)29-23-5-6-28-31-23)25(34)30-22-4-2-1-3-16(22)13-24(32)33/h1-12H,13-14,27H2,(H,30,34)(H,32,33)(H2,28,29,31). The smallest absolute Gasteiger partial charge is 0.307 e. The number of rotatable bonds is 8. The number of hydrogen-bond donors (Lipinski definition) is 5. The molecule has 3 aromatic carbocycles. The average Bonchev–Trinajstić information content (AvgIpc) is 3.32. The normalized spacial score (nSPS) is 10.6. The molecule has 0 bridgehead atoms. The zero-order valence-electron chi connectivity index (χ0n) is 18.0. The number of carbonyl (C=O) groups is 2. The Morgan fingerprint density at radius 2 is 1.82 bits per heavy atom. The molecule has 172 valence electrons. The number of aromatic nitrogens is 2. The predicted octanol–water partition coefficient (Wildman–Crippen LogP) is 4.30. The van der Waals surface area contributed by atoms with Crippen molar-refractivity contribution in [2.75, 3.05) is 10.6 Å². The van der Waals surface area contributed by atoms with Crippen LogP contribution in [0.25, 0.3) is 11.1 Å². The number of H-pyrrole nitrogens is 1. The van der Waals surface area contributed by atoms with E-state index in [0.29, 0.717) is 45.0 Å². The van der Waals surface area contributed by atoms with E-state index in [-0.39, 0.29) is 13.0 Å². The Labute approximate surface area is 194 Å². The summed E-state index contributed by atoms with van der Waals surface area (Å²) in [7, 11) is 0. The van der Waals surface area contributed by atoms with Gasteiger partial charge in [0.2, 0.25) is 0 Å². The molecule has 0 aliphatic carbocycles. The van der Waals surface area contributed by atoms with Gasteiger partial charge in [-0.05, 0) is 64.7 Å². The van der Waals surface area contributed by atoms with Gasteiger partial charge in [0, 0.05) is 29.5 Å². The Morgan fingerprint density at radius 1 is 1.03 bits per heavy atom. The van der Waals surface area contributed by atoms with Gasteiger partial charge in [-0.2, -0.15) is 5.10 Å². The van der Waals surface area contributed by atoms with Gasteiger partial charge in [-0.3, -0.25) is 14.7 Å². The minimum atomic E-state index is -1.00. The third-order valence-electron chi connectivity index (χ3n) is 5.11. The van der Waals surface area contributed by atoms with Crippen molar-refractivity contribution in [3.05, 3.63) is 95.4 Å². The van der Waals surface area contributed by atoms with E-state index in [4.69, 9.17) is 10.8 Å². The molecule has 0 unspecified atom stereocenters. The van der Waals surface area contributed by atoms with Crippen molar-refractivity contribution in [2.45, 2.75) is 13.0 Å². The Bertz CT molecular complexity index is 1340. The number of carbonyl (C=O) groups excluding carboxylic acids is 1. The second-order valence-electron chi connectivity index (χ2n) is 7.63. The number of para-hydroxylation sites is 1. The highest BCUT2D eigenvalue weighted by Gasteiger charge is 2.14. The van der Waals surface area contributed by atoms with Crippen molar-refractivity contribution in [2.24, 2.45) is 5.73 Å². The molecule has 4 aromatic rings. The van der Waals surface area contributed by atoms with Crippen molar-refractivity contribution in [3.63, 3.8) is 0 Å². The van der Waals surface area contributed by atoms with Crippen LogP contribution in [-0.4, -0.2) is 27.2 Å². The first-order chi connectivity index (χ1) is 16.4. The lowest BCUT2D eigenvalue weighted by Gasteiger charge is -2.14. The first-order valence-corrected chi connectivity index (χ1v) is 10.4. The number of halogens is 1. The number of hydrogen-bond acceptors (Lipinski definition) is 5. The van der Waals surface area contributed by atoms with Gasteiger partial charge in [-0.25, -0.2) is 4.39 Å².